The maximum absolute atomic E-state index is 5.79. The fraction of sp³-hybridized carbons (Fsp3) is 0.600. The van der Waals surface area contributed by atoms with Crippen LogP contribution in [0.3, 0.4) is 0 Å². The van der Waals surface area contributed by atoms with Gasteiger partial charge in [-0.3, -0.25) is 4.57 Å². The predicted molar refractivity (Wildman–Crippen MR) is 80.9 cm³/mol. The third-order valence-electron chi connectivity index (χ3n) is 4.15. The first-order valence-corrected chi connectivity index (χ1v) is 8.52. The Balaban J connectivity index is 1.74. The summed E-state index contributed by atoms with van der Waals surface area (Å²) >= 11 is 2.03. The molecule has 4 rings (SSSR count). The highest BCUT2D eigenvalue weighted by Crippen LogP contribution is 2.38. The number of nitrogens with zero attached hydrogens (tertiary/aromatic N) is 3. The number of thioether (sulfide) groups is 1. The molecule has 4 nitrogen and oxygen atoms in total. The Morgan fingerprint density at radius 1 is 1.35 bits per heavy atom. The predicted octanol–water partition coefficient (Wildman–Crippen LogP) is 3.18. The third kappa shape index (κ3) is 2.23. The summed E-state index contributed by atoms with van der Waals surface area (Å²) in [6.07, 6.45) is 8.00. The second-order valence-electron chi connectivity index (χ2n) is 5.55. The van der Waals surface area contributed by atoms with Gasteiger partial charge in [-0.1, -0.05) is 0 Å². The molecule has 2 aliphatic heterocycles. The molecule has 2 aromatic heterocycles. The average Bonchev–Trinajstić information content (AvgIpc) is 3.18. The zero-order valence-electron chi connectivity index (χ0n) is 11.5. The minimum atomic E-state index is 0.344. The molecule has 0 saturated carbocycles. The molecule has 0 aromatic carbocycles. The van der Waals surface area contributed by atoms with Crippen LogP contribution in [0.4, 0.5) is 0 Å². The van der Waals surface area contributed by atoms with E-state index in [1.807, 2.05) is 24.0 Å². The van der Waals surface area contributed by atoms with Gasteiger partial charge in [-0.2, -0.15) is 0 Å². The van der Waals surface area contributed by atoms with Gasteiger partial charge < -0.3 is 4.74 Å². The highest BCUT2D eigenvalue weighted by molar-refractivity contribution is 7.99. The van der Waals surface area contributed by atoms with Crippen LogP contribution in [0.15, 0.2) is 18.3 Å². The Morgan fingerprint density at radius 3 is 3.15 bits per heavy atom. The fourth-order valence-corrected chi connectivity index (χ4v) is 4.51. The highest BCUT2D eigenvalue weighted by atomic mass is 32.2. The van der Waals surface area contributed by atoms with Crippen LogP contribution >= 0.6 is 11.8 Å². The molecule has 4 heterocycles. The van der Waals surface area contributed by atoms with Crippen molar-refractivity contribution in [2.75, 3.05) is 12.4 Å². The number of hydrogen-bond donors (Lipinski definition) is 0. The van der Waals surface area contributed by atoms with Gasteiger partial charge in [0.1, 0.15) is 11.3 Å². The summed E-state index contributed by atoms with van der Waals surface area (Å²) in [5, 5.41) is 0.506. The van der Waals surface area contributed by atoms with Gasteiger partial charge in [0.05, 0.1) is 11.5 Å². The molecule has 2 saturated heterocycles. The van der Waals surface area contributed by atoms with Crippen molar-refractivity contribution in [2.24, 2.45) is 0 Å². The van der Waals surface area contributed by atoms with Crippen molar-refractivity contribution >= 4 is 22.9 Å². The summed E-state index contributed by atoms with van der Waals surface area (Å²) in [7, 11) is 0. The van der Waals surface area contributed by atoms with Gasteiger partial charge in [0.15, 0.2) is 5.65 Å². The van der Waals surface area contributed by atoms with Crippen molar-refractivity contribution in [1.29, 1.82) is 0 Å². The highest BCUT2D eigenvalue weighted by Gasteiger charge is 2.26. The quantitative estimate of drug-likeness (QED) is 0.870. The van der Waals surface area contributed by atoms with Gasteiger partial charge >= 0.3 is 0 Å². The van der Waals surface area contributed by atoms with Crippen molar-refractivity contribution in [1.82, 2.24) is 14.5 Å². The van der Waals surface area contributed by atoms with Crippen molar-refractivity contribution < 1.29 is 4.74 Å². The summed E-state index contributed by atoms with van der Waals surface area (Å²) < 4.78 is 8.16. The van der Waals surface area contributed by atoms with Crippen molar-refractivity contribution in [2.45, 2.75) is 43.6 Å². The molecular formula is C15H19N3OS. The molecule has 106 valence electrons. The van der Waals surface area contributed by atoms with Crippen LogP contribution in [-0.4, -0.2) is 33.0 Å². The lowest BCUT2D eigenvalue weighted by Gasteiger charge is -2.16. The first-order valence-electron chi connectivity index (χ1n) is 7.47. The van der Waals surface area contributed by atoms with Gasteiger partial charge in [0, 0.05) is 19.2 Å². The molecule has 2 atom stereocenters. The zero-order chi connectivity index (χ0) is 13.4. The maximum atomic E-state index is 5.79. The Labute approximate surface area is 122 Å². The molecule has 0 spiro atoms. The second kappa shape index (κ2) is 5.37. The number of rotatable bonds is 3. The Bertz CT molecular complexity index is 600. The molecule has 0 aliphatic carbocycles. The van der Waals surface area contributed by atoms with E-state index in [2.05, 4.69) is 15.6 Å². The molecule has 2 unspecified atom stereocenters. The van der Waals surface area contributed by atoms with Crippen LogP contribution in [0.25, 0.3) is 11.2 Å². The molecule has 0 radical (unpaired) electrons. The largest absolute Gasteiger partial charge is 0.378 e. The van der Waals surface area contributed by atoms with Crippen LogP contribution in [0.5, 0.6) is 0 Å². The van der Waals surface area contributed by atoms with E-state index >= 15 is 0 Å². The van der Waals surface area contributed by atoms with E-state index in [0.717, 1.165) is 36.4 Å². The number of aromatic nitrogens is 3. The average molecular weight is 289 g/mol. The summed E-state index contributed by atoms with van der Waals surface area (Å²) in [6.45, 7) is 0.904. The van der Waals surface area contributed by atoms with Gasteiger partial charge in [-0.05, 0) is 43.6 Å². The van der Waals surface area contributed by atoms with Crippen molar-refractivity contribution in [3.05, 3.63) is 24.2 Å². The van der Waals surface area contributed by atoms with E-state index in [9.17, 15) is 0 Å². The maximum Gasteiger partial charge on any atom is 0.160 e. The van der Waals surface area contributed by atoms with E-state index < -0.39 is 0 Å². The first-order chi connectivity index (χ1) is 9.92. The van der Waals surface area contributed by atoms with Crippen LogP contribution < -0.4 is 0 Å². The molecule has 2 aromatic rings. The summed E-state index contributed by atoms with van der Waals surface area (Å²) in [5.74, 6) is 2.40. The van der Waals surface area contributed by atoms with Crippen molar-refractivity contribution in [3.63, 3.8) is 0 Å². The second-order valence-corrected chi connectivity index (χ2v) is 6.84. The first kappa shape index (κ1) is 12.7. The Morgan fingerprint density at radius 2 is 2.35 bits per heavy atom. The van der Waals surface area contributed by atoms with E-state index in [1.165, 1.54) is 25.0 Å². The molecular weight excluding hydrogens is 270 g/mol. The Hall–Kier alpha value is -1.07. The molecule has 2 aliphatic rings. The Kier molecular flexibility index (Phi) is 3.40. The molecule has 2 fully saturated rings. The molecule has 20 heavy (non-hydrogen) atoms. The van der Waals surface area contributed by atoms with Gasteiger partial charge in [-0.15, -0.1) is 11.8 Å². The molecule has 0 amide bonds. The minimum Gasteiger partial charge on any atom is -0.378 e. The van der Waals surface area contributed by atoms with E-state index in [4.69, 9.17) is 9.72 Å². The van der Waals surface area contributed by atoms with Crippen LogP contribution in [0.1, 0.15) is 36.9 Å². The summed E-state index contributed by atoms with van der Waals surface area (Å²) in [5.41, 5.74) is 2.06. The van der Waals surface area contributed by atoms with E-state index in [0.29, 0.717) is 11.5 Å². The number of fused-ring (bicyclic) bond motifs is 1. The van der Waals surface area contributed by atoms with E-state index in [1.54, 1.807) is 0 Å². The molecule has 0 bridgehead atoms. The summed E-state index contributed by atoms with van der Waals surface area (Å²) in [4.78, 5) is 9.40. The standard InChI is InChI=1S/C15H19N3OS/c1-5-12-15(16-7-1)18(14-6-3-9-20-14)13(17-12)10-11-4-2-8-19-11/h1,5,7,11,14H,2-4,6,8-10H2. The lowest BCUT2D eigenvalue weighted by atomic mass is 10.2. The van der Waals surface area contributed by atoms with Gasteiger partial charge in [0.25, 0.3) is 0 Å². The number of hydrogen-bond acceptors (Lipinski definition) is 4. The normalized spacial score (nSPS) is 26.6. The van der Waals surface area contributed by atoms with Crippen LogP contribution in [-0.2, 0) is 11.2 Å². The third-order valence-corrected chi connectivity index (χ3v) is 5.51. The minimum absolute atomic E-state index is 0.344. The summed E-state index contributed by atoms with van der Waals surface area (Å²) in [6, 6.07) is 4.04. The van der Waals surface area contributed by atoms with Crippen molar-refractivity contribution in [3.8, 4) is 0 Å². The lowest BCUT2D eigenvalue weighted by Crippen LogP contribution is -2.15. The zero-order valence-corrected chi connectivity index (χ0v) is 12.3. The topological polar surface area (TPSA) is 39.9 Å². The monoisotopic (exact) mass is 289 g/mol. The lowest BCUT2D eigenvalue weighted by molar-refractivity contribution is 0.109. The SMILES string of the molecule is c1cnc2c(c1)nc(CC1CCCO1)n2C1CCCS1. The number of imidazole rings is 1. The smallest absolute Gasteiger partial charge is 0.160 e. The van der Waals surface area contributed by atoms with Crippen LogP contribution in [0, 0.1) is 0 Å². The van der Waals surface area contributed by atoms with Crippen LogP contribution in [0.2, 0.25) is 0 Å². The number of pyridine rings is 1. The van der Waals surface area contributed by atoms with E-state index in [-0.39, 0.29) is 0 Å². The molecule has 5 heteroatoms. The van der Waals surface area contributed by atoms with Gasteiger partial charge in [0.2, 0.25) is 0 Å². The number of ether oxygens (including phenoxy) is 1. The van der Waals surface area contributed by atoms with Gasteiger partial charge in [-0.25, -0.2) is 9.97 Å². The molecule has 0 N–H and O–H groups in total. The fourth-order valence-electron chi connectivity index (χ4n) is 3.20.